The molecule has 1 aromatic carbocycles. The van der Waals surface area contributed by atoms with Gasteiger partial charge in [-0.3, -0.25) is 4.99 Å². The Hall–Kier alpha value is -1.03. The van der Waals surface area contributed by atoms with Crippen molar-refractivity contribution in [2.45, 2.75) is 38.1 Å². The summed E-state index contributed by atoms with van der Waals surface area (Å²) in [4.78, 5) is 6.71. The molecule has 1 aromatic rings. The predicted molar refractivity (Wildman–Crippen MR) is 83.5 cm³/mol. The van der Waals surface area contributed by atoms with E-state index in [4.69, 9.17) is 5.73 Å². The predicted octanol–water partition coefficient (Wildman–Crippen LogP) is 3.53. The topological polar surface area (TPSA) is 41.6 Å². The van der Waals surface area contributed by atoms with Gasteiger partial charge in [0, 0.05) is 10.2 Å². The van der Waals surface area contributed by atoms with E-state index in [9.17, 15) is 0 Å². The van der Waals surface area contributed by atoms with E-state index >= 15 is 0 Å². The Balaban J connectivity index is 1.88. The highest BCUT2D eigenvalue weighted by molar-refractivity contribution is 9.10. The molecule has 2 aliphatic rings. The molecule has 3 nitrogen and oxygen atoms in total. The Labute approximate surface area is 123 Å². The molecule has 102 valence electrons. The van der Waals surface area contributed by atoms with E-state index in [1.54, 1.807) is 0 Å². The fraction of sp³-hybridized carbons (Fsp3) is 0.533. The van der Waals surface area contributed by atoms with Crippen LogP contribution in [0.15, 0.2) is 33.7 Å². The average molecular weight is 322 g/mol. The third-order valence-corrected chi connectivity index (χ3v) is 4.86. The van der Waals surface area contributed by atoms with Gasteiger partial charge in [-0.25, -0.2) is 0 Å². The number of nitrogens with two attached hydrogens (primary N) is 1. The van der Waals surface area contributed by atoms with Gasteiger partial charge in [-0.2, -0.15) is 0 Å². The molecule has 1 fully saturated rings. The second-order valence-corrected chi connectivity index (χ2v) is 6.90. The number of aliphatic imine (C=N–C) groups is 1. The molecule has 4 heteroatoms. The molecule has 0 bridgehead atoms. The van der Waals surface area contributed by atoms with Crippen LogP contribution in [0.1, 0.15) is 32.6 Å². The first kappa shape index (κ1) is 13.0. The number of guanidine groups is 1. The standard InChI is InChI=1S/C15H20BrN3/c1-15(9-11-4-2-5-11)10-18-14(17)19(15)13-7-3-6-12(16)8-13/h3,6-8,11H,2,4-5,9-10H2,1H3,(H2,17,18). The van der Waals surface area contributed by atoms with Crippen LogP contribution in [-0.4, -0.2) is 18.0 Å². The van der Waals surface area contributed by atoms with Crippen LogP contribution in [0.4, 0.5) is 5.69 Å². The lowest BCUT2D eigenvalue weighted by Gasteiger charge is -2.41. The van der Waals surface area contributed by atoms with E-state index < -0.39 is 0 Å². The molecule has 0 spiro atoms. The Bertz CT molecular complexity index is 510. The van der Waals surface area contributed by atoms with Gasteiger partial charge in [0.05, 0.1) is 12.1 Å². The van der Waals surface area contributed by atoms with E-state index in [1.807, 2.05) is 6.07 Å². The number of halogens is 1. The fourth-order valence-corrected chi connectivity index (χ4v) is 3.59. The third kappa shape index (κ3) is 2.38. The van der Waals surface area contributed by atoms with E-state index in [0.717, 1.165) is 22.6 Å². The Morgan fingerprint density at radius 2 is 2.26 bits per heavy atom. The fourth-order valence-electron chi connectivity index (χ4n) is 3.20. The first-order valence-corrected chi connectivity index (χ1v) is 7.73. The maximum Gasteiger partial charge on any atom is 0.196 e. The van der Waals surface area contributed by atoms with Gasteiger partial charge in [0.25, 0.3) is 0 Å². The SMILES string of the molecule is CC1(CC2CCC2)CN=C(N)N1c1cccc(Br)c1. The van der Waals surface area contributed by atoms with E-state index in [2.05, 4.69) is 50.9 Å². The third-order valence-electron chi connectivity index (χ3n) is 4.37. The van der Waals surface area contributed by atoms with E-state index in [0.29, 0.717) is 5.96 Å². The van der Waals surface area contributed by atoms with Gasteiger partial charge in [-0.05, 0) is 37.5 Å². The summed E-state index contributed by atoms with van der Waals surface area (Å²) >= 11 is 3.54. The van der Waals surface area contributed by atoms with Crippen molar-refractivity contribution in [2.75, 3.05) is 11.4 Å². The van der Waals surface area contributed by atoms with Crippen LogP contribution in [0, 0.1) is 5.92 Å². The molecule has 0 saturated heterocycles. The highest BCUT2D eigenvalue weighted by atomic mass is 79.9. The van der Waals surface area contributed by atoms with Crippen LogP contribution in [-0.2, 0) is 0 Å². The first-order valence-electron chi connectivity index (χ1n) is 6.94. The van der Waals surface area contributed by atoms with E-state index in [-0.39, 0.29) is 5.54 Å². The van der Waals surface area contributed by atoms with Gasteiger partial charge in [0.1, 0.15) is 0 Å². The van der Waals surface area contributed by atoms with Crippen molar-refractivity contribution in [1.82, 2.24) is 0 Å². The number of benzene rings is 1. The van der Waals surface area contributed by atoms with Gasteiger partial charge in [0.15, 0.2) is 5.96 Å². The smallest absolute Gasteiger partial charge is 0.196 e. The van der Waals surface area contributed by atoms with Crippen LogP contribution in [0.2, 0.25) is 0 Å². The van der Waals surface area contributed by atoms with Crippen LogP contribution < -0.4 is 10.6 Å². The number of hydrogen-bond donors (Lipinski definition) is 1. The highest BCUT2D eigenvalue weighted by Crippen LogP contribution is 2.40. The lowest BCUT2D eigenvalue weighted by molar-refractivity contribution is 0.243. The summed E-state index contributed by atoms with van der Waals surface area (Å²) in [6.07, 6.45) is 5.29. The van der Waals surface area contributed by atoms with Crippen LogP contribution >= 0.6 is 15.9 Å². The molecular formula is C15H20BrN3. The number of hydrogen-bond acceptors (Lipinski definition) is 3. The second-order valence-electron chi connectivity index (χ2n) is 5.99. The molecule has 3 rings (SSSR count). The molecular weight excluding hydrogens is 302 g/mol. The molecule has 1 heterocycles. The van der Waals surface area contributed by atoms with Gasteiger partial charge < -0.3 is 10.6 Å². The van der Waals surface area contributed by atoms with Crippen molar-refractivity contribution in [1.29, 1.82) is 0 Å². The number of nitrogens with zero attached hydrogens (tertiary/aromatic N) is 2. The minimum atomic E-state index is 0.0377. The van der Waals surface area contributed by atoms with Crippen molar-refractivity contribution >= 4 is 27.6 Å². The molecule has 2 N–H and O–H groups in total. The minimum absolute atomic E-state index is 0.0377. The maximum absolute atomic E-state index is 6.13. The normalized spacial score (nSPS) is 27.3. The summed E-state index contributed by atoms with van der Waals surface area (Å²) < 4.78 is 1.08. The molecule has 1 atom stereocenters. The van der Waals surface area contributed by atoms with E-state index in [1.165, 1.54) is 25.7 Å². The average Bonchev–Trinajstić information content (AvgIpc) is 2.61. The molecule has 19 heavy (non-hydrogen) atoms. The molecule has 1 saturated carbocycles. The van der Waals surface area contributed by atoms with Crippen molar-refractivity contribution in [3.8, 4) is 0 Å². The summed E-state index contributed by atoms with van der Waals surface area (Å²) in [5.41, 5.74) is 7.30. The maximum atomic E-state index is 6.13. The van der Waals surface area contributed by atoms with Crippen molar-refractivity contribution in [3.05, 3.63) is 28.7 Å². The molecule has 1 aliphatic heterocycles. The van der Waals surface area contributed by atoms with Crippen LogP contribution in [0.5, 0.6) is 0 Å². The molecule has 1 unspecified atom stereocenters. The summed E-state index contributed by atoms with van der Waals surface area (Å²) in [5.74, 6) is 1.50. The number of anilines is 1. The number of rotatable bonds is 3. The first-order chi connectivity index (χ1) is 9.08. The van der Waals surface area contributed by atoms with Gasteiger partial charge in [0.2, 0.25) is 0 Å². The zero-order valence-electron chi connectivity index (χ0n) is 11.3. The summed E-state index contributed by atoms with van der Waals surface area (Å²) in [7, 11) is 0. The van der Waals surface area contributed by atoms with Crippen molar-refractivity contribution < 1.29 is 0 Å². The zero-order valence-corrected chi connectivity index (χ0v) is 12.9. The molecule has 0 aromatic heterocycles. The Morgan fingerprint density at radius 3 is 2.89 bits per heavy atom. The largest absolute Gasteiger partial charge is 0.369 e. The lowest BCUT2D eigenvalue weighted by Crippen LogP contribution is -2.51. The summed E-state index contributed by atoms with van der Waals surface area (Å²) in [5, 5.41) is 0. The highest BCUT2D eigenvalue weighted by Gasteiger charge is 2.41. The minimum Gasteiger partial charge on any atom is -0.369 e. The molecule has 0 amide bonds. The summed E-state index contributed by atoms with van der Waals surface area (Å²) in [6.45, 7) is 3.09. The lowest BCUT2D eigenvalue weighted by atomic mass is 9.76. The van der Waals surface area contributed by atoms with Crippen molar-refractivity contribution in [3.63, 3.8) is 0 Å². The molecule has 1 aliphatic carbocycles. The molecule has 0 radical (unpaired) electrons. The monoisotopic (exact) mass is 321 g/mol. The van der Waals surface area contributed by atoms with Crippen molar-refractivity contribution in [2.24, 2.45) is 16.6 Å². The Morgan fingerprint density at radius 1 is 1.47 bits per heavy atom. The Kier molecular flexibility index (Phi) is 3.29. The zero-order chi connectivity index (χ0) is 13.5. The van der Waals surface area contributed by atoms with Gasteiger partial charge in [-0.15, -0.1) is 0 Å². The summed E-state index contributed by atoms with van der Waals surface area (Å²) in [6, 6.07) is 8.31. The second kappa shape index (κ2) is 4.82. The quantitative estimate of drug-likeness (QED) is 0.925. The van der Waals surface area contributed by atoms with Gasteiger partial charge >= 0.3 is 0 Å². The van der Waals surface area contributed by atoms with Gasteiger partial charge in [-0.1, -0.05) is 41.3 Å². The van der Waals surface area contributed by atoms with Crippen LogP contribution in [0.3, 0.4) is 0 Å². The van der Waals surface area contributed by atoms with Crippen LogP contribution in [0.25, 0.3) is 0 Å².